The molecule has 5 heteroatoms. The van der Waals surface area contributed by atoms with Gasteiger partial charge in [-0.25, -0.2) is 4.79 Å². The lowest BCUT2D eigenvalue weighted by atomic mass is 10.1. The number of carbonyl (C=O) groups is 1. The van der Waals surface area contributed by atoms with Crippen LogP contribution in [0.2, 0.25) is 10.0 Å². The Balaban J connectivity index is 3.13. The molecule has 1 aromatic rings. The maximum absolute atomic E-state index is 11.2. The minimum Gasteiger partial charge on any atom is -0.435 e. The van der Waals surface area contributed by atoms with Crippen LogP contribution in [0.3, 0.4) is 0 Å². The van der Waals surface area contributed by atoms with Gasteiger partial charge in [0.2, 0.25) is 0 Å². The van der Waals surface area contributed by atoms with Crippen molar-refractivity contribution in [2.24, 2.45) is 0 Å². The molecular formula is C9H8Cl2O3. The lowest BCUT2D eigenvalue weighted by Crippen LogP contribution is -2.07. The number of esters is 1. The van der Waals surface area contributed by atoms with Crippen molar-refractivity contribution >= 4 is 29.2 Å². The van der Waals surface area contributed by atoms with Gasteiger partial charge in [0.1, 0.15) is 0 Å². The first kappa shape index (κ1) is 11.3. The van der Waals surface area contributed by atoms with Gasteiger partial charge >= 0.3 is 5.97 Å². The van der Waals surface area contributed by atoms with E-state index in [1.54, 1.807) is 13.0 Å². The van der Waals surface area contributed by atoms with Crippen molar-refractivity contribution in [2.75, 3.05) is 6.79 Å². The fourth-order valence-electron chi connectivity index (χ4n) is 1.01. The SMILES string of the molecule is Cc1cc(Cl)cc(C(=O)OCO)c1Cl. The van der Waals surface area contributed by atoms with Gasteiger partial charge in [-0.15, -0.1) is 0 Å². The summed E-state index contributed by atoms with van der Waals surface area (Å²) in [7, 11) is 0. The van der Waals surface area contributed by atoms with Crippen molar-refractivity contribution in [3.05, 3.63) is 33.3 Å². The van der Waals surface area contributed by atoms with Crippen LogP contribution in [0.15, 0.2) is 12.1 Å². The van der Waals surface area contributed by atoms with Crippen LogP contribution in [0.5, 0.6) is 0 Å². The summed E-state index contributed by atoms with van der Waals surface area (Å²) in [4.78, 5) is 11.2. The highest BCUT2D eigenvalue weighted by molar-refractivity contribution is 6.36. The van der Waals surface area contributed by atoms with Crippen LogP contribution in [0, 0.1) is 6.92 Å². The number of benzene rings is 1. The molecule has 0 saturated heterocycles. The Morgan fingerprint density at radius 3 is 2.71 bits per heavy atom. The molecule has 0 spiro atoms. The molecule has 0 amide bonds. The first-order valence-electron chi connectivity index (χ1n) is 3.80. The van der Waals surface area contributed by atoms with E-state index in [4.69, 9.17) is 28.3 Å². The summed E-state index contributed by atoms with van der Waals surface area (Å²) in [5.41, 5.74) is 0.842. The van der Waals surface area contributed by atoms with Gasteiger partial charge in [-0.05, 0) is 24.6 Å². The molecule has 1 N–H and O–H groups in total. The van der Waals surface area contributed by atoms with E-state index in [-0.39, 0.29) is 10.6 Å². The van der Waals surface area contributed by atoms with Crippen LogP contribution in [-0.4, -0.2) is 17.9 Å². The third-order valence-corrected chi connectivity index (χ3v) is 2.35. The molecule has 0 aromatic heterocycles. The maximum Gasteiger partial charge on any atom is 0.341 e. The van der Waals surface area contributed by atoms with E-state index in [0.29, 0.717) is 10.6 Å². The lowest BCUT2D eigenvalue weighted by Gasteiger charge is -2.06. The smallest absolute Gasteiger partial charge is 0.341 e. The predicted octanol–water partition coefficient (Wildman–Crippen LogP) is 2.41. The lowest BCUT2D eigenvalue weighted by molar-refractivity contribution is 0.00685. The quantitative estimate of drug-likeness (QED) is 0.632. The molecule has 0 bridgehead atoms. The summed E-state index contributed by atoms with van der Waals surface area (Å²) < 4.78 is 4.39. The van der Waals surface area contributed by atoms with Crippen molar-refractivity contribution in [2.45, 2.75) is 6.92 Å². The number of hydrogen-bond acceptors (Lipinski definition) is 3. The average molecular weight is 235 g/mol. The van der Waals surface area contributed by atoms with Crippen molar-refractivity contribution in [3.8, 4) is 0 Å². The summed E-state index contributed by atoms with van der Waals surface area (Å²) in [6.45, 7) is 1.05. The van der Waals surface area contributed by atoms with Gasteiger partial charge in [0.25, 0.3) is 0 Å². The predicted molar refractivity (Wildman–Crippen MR) is 53.7 cm³/mol. The van der Waals surface area contributed by atoms with Gasteiger partial charge in [0.05, 0.1) is 10.6 Å². The van der Waals surface area contributed by atoms with Gasteiger partial charge in [-0.3, -0.25) is 0 Å². The summed E-state index contributed by atoms with van der Waals surface area (Å²) in [6, 6.07) is 3.04. The molecule has 1 rings (SSSR count). The molecular weight excluding hydrogens is 227 g/mol. The number of aryl methyl sites for hydroxylation is 1. The molecule has 3 nitrogen and oxygen atoms in total. The van der Waals surface area contributed by atoms with Crippen molar-refractivity contribution in [3.63, 3.8) is 0 Å². The molecule has 0 radical (unpaired) electrons. The minimum absolute atomic E-state index is 0.158. The summed E-state index contributed by atoms with van der Waals surface area (Å²) in [6.07, 6.45) is 0. The molecule has 0 aliphatic carbocycles. The Bertz CT molecular complexity index is 363. The van der Waals surface area contributed by atoms with Crippen molar-refractivity contribution in [1.82, 2.24) is 0 Å². The molecule has 0 aliphatic rings. The zero-order valence-electron chi connectivity index (χ0n) is 7.38. The first-order valence-corrected chi connectivity index (χ1v) is 4.55. The Morgan fingerprint density at radius 1 is 1.50 bits per heavy atom. The minimum atomic E-state index is -0.692. The highest BCUT2D eigenvalue weighted by atomic mass is 35.5. The van der Waals surface area contributed by atoms with Crippen molar-refractivity contribution in [1.29, 1.82) is 0 Å². The number of hydrogen-bond donors (Lipinski definition) is 1. The molecule has 14 heavy (non-hydrogen) atoms. The van der Waals surface area contributed by atoms with Crippen molar-refractivity contribution < 1.29 is 14.6 Å². The van der Waals surface area contributed by atoms with E-state index in [2.05, 4.69) is 4.74 Å². The van der Waals surface area contributed by atoms with Crippen LogP contribution in [0.4, 0.5) is 0 Å². The fraction of sp³-hybridized carbons (Fsp3) is 0.222. The van der Waals surface area contributed by atoms with Crippen LogP contribution in [0.25, 0.3) is 0 Å². The van der Waals surface area contributed by atoms with Gasteiger partial charge in [0.15, 0.2) is 6.79 Å². The zero-order chi connectivity index (χ0) is 10.7. The van der Waals surface area contributed by atoms with Gasteiger partial charge in [-0.2, -0.15) is 0 Å². The van der Waals surface area contributed by atoms with Gasteiger partial charge in [-0.1, -0.05) is 23.2 Å². The van der Waals surface area contributed by atoms with Crippen LogP contribution < -0.4 is 0 Å². The molecule has 0 atom stereocenters. The van der Waals surface area contributed by atoms with E-state index in [1.807, 2.05) is 0 Å². The standard InChI is InChI=1S/C9H8Cl2O3/c1-5-2-6(10)3-7(8(5)11)9(13)14-4-12/h2-3,12H,4H2,1H3. The molecule has 0 aliphatic heterocycles. The Labute approximate surface area is 91.2 Å². The normalized spacial score (nSPS) is 10.0. The highest BCUT2D eigenvalue weighted by Crippen LogP contribution is 2.25. The molecule has 0 saturated carbocycles. The van der Waals surface area contributed by atoms with E-state index < -0.39 is 12.8 Å². The van der Waals surface area contributed by atoms with E-state index in [9.17, 15) is 4.79 Å². The summed E-state index contributed by atoms with van der Waals surface area (Å²) >= 11 is 11.6. The third kappa shape index (κ3) is 2.38. The molecule has 1 aromatic carbocycles. The second-order valence-corrected chi connectivity index (χ2v) is 3.46. The average Bonchev–Trinajstić information content (AvgIpc) is 2.11. The number of rotatable bonds is 2. The molecule has 0 unspecified atom stereocenters. The van der Waals surface area contributed by atoms with Gasteiger partial charge in [0, 0.05) is 5.02 Å². The molecule has 0 fully saturated rings. The number of carbonyl (C=O) groups excluding carboxylic acids is 1. The van der Waals surface area contributed by atoms with Crippen LogP contribution >= 0.6 is 23.2 Å². The number of halogens is 2. The Morgan fingerprint density at radius 2 is 2.14 bits per heavy atom. The van der Waals surface area contributed by atoms with Gasteiger partial charge < -0.3 is 9.84 Å². The maximum atomic E-state index is 11.2. The summed E-state index contributed by atoms with van der Waals surface area (Å²) in [5.74, 6) is -0.692. The van der Waals surface area contributed by atoms with E-state index >= 15 is 0 Å². The Hall–Kier alpha value is -0.770. The monoisotopic (exact) mass is 234 g/mol. The highest BCUT2D eigenvalue weighted by Gasteiger charge is 2.14. The summed E-state index contributed by atoms with van der Waals surface area (Å²) in [5, 5.41) is 9.09. The second kappa shape index (κ2) is 4.64. The topological polar surface area (TPSA) is 46.5 Å². The number of aliphatic hydroxyl groups excluding tert-OH is 1. The van der Waals surface area contributed by atoms with E-state index in [0.717, 1.165) is 0 Å². The van der Waals surface area contributed by atoms with E-state index in [1.165, 1.54) is 6.07 Å². The number of ether oxygens (including phenoxy) is 1. The third-order valence-electron chi connectivity index (χ3n) is 1.63. The van der Waals surface area contributed by atoms with Crippen LogP contribution in [-0.2, 0) is 4.74 Å². The fourth-order valence-corrected chi connectivity index (χ4v) is 1.47. The second-order valence-electron chi connectivity index (χ2n) is 2.65. The largest absolute Gasteiger partial charge is 0.435 e. The van der Waals surface area contributed by atoms with Crippen LogP contribution in [0.1, 0.15) is 15.9 Å². The Kier molecular flexibility index (Phi) is 3.75. The zero-order valence-corrected chi connectivity index (χ0v) is 8.89. The number of aliphatic hydroxyl groups is 1. The molecule has 0 heterocycles. The first-order chi connectivity index (χ1) is 6.56. The molecule has 76 valence electrons.